The smallest absolute Gasteiger partial charge is 0.371 e. The van der Waals surface area contributed by atoms with Gasteiger partial charge in [0.25, 0.3) is 11.8 Å². The predicted octanol–water partition coefficient (Wildman–Crippen LogP) is 6.30. The van der Waals surface area contributed by atoms with Crippen LogP contribution in [0.5, 0.6) is 0 Å². The Bertz CT molecular complexity index is 1470. The van der Waals surface area contributed by atoms with E-state index in [1.807, 2.05) is 41.6 Å². The molecule has 6 rings (SSSR count). The number of fused-ring (bicyclic) bond motifs is 1. The van der Waals surface area contributed by atoms with Gasteiger partial charge in [-0.1, -0.05) is 23.7 Å². The van der Waals surface area contributed by atoms with Crippen molar-refractivity contribution in [1.82, 2.24) is 15.2 Å². The van der Waals surface area contributed by atoms with Gasteiger partial charge in [-0.3, -0.25) is 14.6 Å². The van der Waals surface area contributed by atoms with Crippen LogP contribution >= 0.6 is 11.6 Å². The van der Waals surface area contributed by atoms with Gasteiger partial charge in [-0.15, -0.1) is 0 Å². The summed E-state index contributed by atoms with van der Waals surface area (Å²) in [5, 5.41) is 2.49. The highest BCUT2D eigenvalue weighted by Crippen LogP contribution is 2.42. The van der Waals surface area contributed by atoms with E-state index in [2.05, 4.69) is 15.2 Å². The standard InChI is InChI=1S/C31H30ClF3N4O2/c32-25-3-1-2-24(31(33,34)35)27(25)28(40)37-26-7-6-20-4-5-21(18-23(20)26)29(41)38-15-10-30(11-16-38)12-17-39(19-30)22-8-13-36-14-9-22/h1-5,8-9,13-14,18,26H,6-7,10-12,15-17,19H2,(H,37,40). The summed E-state index contributed by atoms with van der Waals surface area (Å²) in [5.74, 6) is -0.940. The number of nitrogens with one attached hydrogen (secondary N) is 1. The molecule has 0 saturated carbocycles. The minimum atomic E-state index is -4.71. The number of pyridine rings is 1. The van der Waals surface area contributed by atoms with Crippen molar-refractivity contribution in [3.8, 4) is 0 Å². The lowest BCUT2D eigenvalue weighted by molar-refractivity contribution is -0.137. The molecule has 2 aliphatic heterocycles. The second-order valence-electron chi connectivity index (χ2n) is 11.3. The molecular weight excluding hydrogens is 553 g/mol. The number of likely N-dealkylation sites (tertiary alicyclic amines) is 1. The Balaban J connectivity index is 1.13. The van der Waals surface area contributed by atoms with Crippen molar-refractivity contribution in [3.63, 3.8) is 0 Å². The van der Waals surface area contributed by atoms with Gasteiger partial charge >= 0.3 is 6.18 Å². The third-order valence-corrected chi connectivity index (χ3v) is 9.21. The Labute approximate surface area is 241 Å². The number of halogens is 4. The third-order valence-electron chi connectivity index (χ3n) is 8.90. The zero-order valence-corrected chi connectivity index (χ0v) is 23.1. The van der Waals surface area contributed by atoms with Gasteiger partial charge in [-0.2, -0.15) is 13.2 Å². The van der Waals surface area contributed by atoms with E-state index in [1.165, 1.54) is 17.8 Å². The largest absolute Gasteiger partial charge is 0.417 e. The summed E-state index contributed by atoms with van der Waals surface area (Å²) in [6, 6.07) is 12.4. The molecule has 1 aromatic heterocycles. The molecule has 2 fully saturated rings. The molecule has 0 bridgehead atoms. The molecule has 214 valence electrons. The molecular formula is C31H30ClF3N4O2. The van der Waals surface area contributed by atoms with Crippen molar-refractivity contribution in [3.05, 3.63) is 93.8 Å². The van der Waals surface area contributed by atoms with Crippen LogP contribution < -0.4 is 10.2 Å². The number of hydrogen-bond acceptors (Lipinski definition) is 4. The van der Waals surface area contributed by atoms with Gasteiger partial charge in [-0.25, -0.2) is 0 Å². The second kappa shape index (κ2) is 10.7. The van der Waals surface area contributed by atoms with Gasteiger partial charge < -0.3 is 15.1 Å². The van der Waals surface area contributed by atoms with E-state index < -0.39 is 29.3 Å². The predicted molar refractivity (Wildman–Crippen MR) is 150 cm³/mol. The maximum Gasteiger partial charge on any atom is 0.417 e. The molecule has 6 nitrogen and oxygen atoms in total. The Morgan fingerprint density at radius 2 is 1.73 bits per heavy atom. The van der Waals surface area contributed by atoms with Crippen LogP contribution in [-0.4, -0.2) is 47.9 Å². The van der Waals surface area contributed by atoms with Crippen LogP contribution in [0.3, 0.4) is 0 Å². The van der Waals surface area contributed by atoms with Gasteiger partial charge in [0.1, 0.15) is 0 Å². The summed E-state index contributed by atoms with van der Waals surface area (Å²) in [6.45, 7) is 3.31. The van der Waals surface area contributed by atoms with E-state index in [0.717, 1.165) is 49.5 Å². The van der Waals surface area contributed by atoms with Crippen molar-refractivity contribution < 1.29 is 22.8 Å². The lowest BCUT2D eigenvalue weighted by atomic mass is 9.77. The molecule has 41 heavy (non-hydrogen) atoms. The first-order valence-electron chi connectivity index (χ1n) is 13.9. The van der Waals surface area contributed by atoms with E-state index in [0.29, 0.717) is 31.5 Å². The van der Waals surface area contributed by atoms with Gasteiger partial charge in [0.15, 0.2) is 0 Å². The summed E-state index contributed by atoms with van der Waals surface area (Å²) in [7, 11) is 0. The van der Waals surface area contributed by atoms with E-state index in [-0.39, 0.29) is 16.3 Å². The Kier molecular flexibility index (Phi) is 7.18. The Morgan fingerprint density at radius 3 is 2.46 bits per heavy atom. The highest BCUT2D eigenvalue weighted by Gasteiger charge is 2.42. The molecule has 3 aromatic rings. The molecule has 10 heteroatoms. The van der Waals surface area contributed by atoms with E-state index >= 15 is 0 Å². The normalized spacial score (nSPS) is 19.9. The van der Waals surface area contributed by atoms with Crippen molar-refractivity contribution in [2.75, 3.05) is 31.1 Å². The van der Waals surface area contributed by atoms with Gasteiger partial charge in [0, 0.05) is 49.8 Å². The maximum atomic E-state index is 13.6. The summed E-state index contributed by atoms with van der Waals surface area (Å²) in [6.07, 6.45) is 3.06. The third kappa shape index (κ3) is 5.39. The first kappa shape index (κ1) is 27.6. The average molecular weight is 583 g/mol. The van der Waals surface area contributed by atoms with Crippen LogP contribution in [0.4, 0.5) is 18.9 Å². The molecule has 2 saturated heterocycles. The Hall–Kier alpha value is -3.59. The first-order valence-corrected chi connectivity index (χ1v) is 14.3. The SMILES string of the molecule is O=C(NC1CCc2ccc(C(=O)N3CCC4(CC3)CCN(c3ccncc3)C4)cc21)c1c(Cl)cccc1C(F)(F)F. The molecule has 2 amide bonds. The highest BCUT2D eigenvalue weighted by atomic mass is 35.5. The zero-order chi connectivity index (χ0) is 28.8. The van der Waals surface area contributed by atoms with Crippen molar-refractivity contribution >= 4 is 29.1 Å². The van der Waals surface area contributed by atoms with Crippen molar-refractivity contribution in [2.24, 2.45) is 5.41 Å². The van der Waals surface area contributed by atoms with E-state index in [4.69, 9.17) is 11.6 Å². The van der Waals surface area contributed by atoms with Crippen LogP contribution in [0.2, 0.25) is 5.02 Å². The summed E-state index contributed by atoms with van der Waals surface area (Å²) < 4.78 is 40.7. The van der Waals surface area contributed by atoms with Crippen molar-refractivity contribution in [2.45, 2.75) is 44.3 Å². The summed E-state index contributed by atoms with van der Waals surface area (Å²) in [4.78, 5) is 34.9. The number of carbonyl (C=O) groups excluding carboxylic acids is 2. The van der Waals surface area contributed by atoms with Crippen LogP contribution in [0.1, 0.15) is 69.1 Å². The number of amides is 2. The van der Waals surface area contributed by atoms with E-state index in [1.54, 1.807) is 6.07 Å². The zero-order valence-electron chi connectivity index (χ0n) is 22.4. The Morgan fingerprint density at radius 1 is 1.00 bits per heavy atom. The van der Waals surface area contributed by atoms with Gasteiger partial charge in [0.05, 0.1) is 22.2 Å². The number of anilines is 1. The minimum Gasteiger partial charge on any atom is -0.371 e. The van der Waals surface area contributed by atoms with Crippen LogP contribution in [-0.2, 0) is 12.6 Å². The molecule has 2 aromatic carbocycles. The number of nitrogens with zero attached hydrogens (tertiary/aromatic N) is 3. The monoisotopic (exact) mass is 582 g/mol. The number of alkyl halides is 3. The fourth-order valence-corrected chi connectivity index (χ4v) is 6.85. The average Bonchev–Trinajstić information content (AvgIpc) is 3.57. The molecule has 1 spiro atoms. The fraction of sp³-hybridized carbons (Fsp3) is 0.387. The number of hydrogen-bond donors (Lipinski definition) is 1. The molecule has 0 radical (unpaired) electrons. The van der Waals surface area contributed by atoms with Gasteiger partial charge in [0.2, 0.25) is 0 Å². The number of aromatic nitrogens is 1. The van der Waals surface area contributed by atoms with Gasteiger partial charge in [-0.05, 0) is 85.0 Å². The molecule has 1 N–H and O–H groups in total. The number of aryl methyl sites for hydroxylation is 1. The molecule has 3 heterocycles. The lowest BCUT2D eigenvalue weighted by Gasteiger charge is -2.39. The first-order chi connectivity index (χ1) is 19.6. The fourth-order valence-electron chi connectivity index (χ4n) is 6.59. The number of piperidine rings is 1. The lowest BCUT2D eigenvalue weighted by Crippen LogP contribution is -2.44. The topological polar surface area (TPSA) is 65.5 Å². The second-order valence-corrected chi connectivity index (χ2v) is 11.7. The number of benzene rings is 2. The highest BCUT2D eigenvalue weighted by molar-refractivity contribution is 6.34. The quantitative estimate of drug-likeness (QED) is 0.392. The molecule has 1 aliphatic carbocycles. The molecule has 1 atom stereocenters. The van der Waals surface area contributed by atoms with Crippen LogP contribution in [0.25, 0.3) is 0 Å². The van der Waals surface area contributed by atoms with Crippen LogP contribution in [0.15, 0.2) is 60.9 Å². The van der Waals surface area contributed by atoms with Crippen molar-refractivity contribution in [1.29, 1.82) is 0 Å². The number of carbonyl (C=O) groups is 2. The minimum absolute atomic E-state index is 0.0610. The number of rotatable bonds is 4. The molecule has 1 unspecified atom stereocenters. The van der Waals surface area contributed by atoms with E-state index in [9.17, 15) is 22.8 Å². The van der Waals surface area contributed by atoms with Crippen LogP contribution in [0, 0.1) is 5.41 Å². The summed E-state index contributed by atoms with van der Waals surface area (Å²) in [5.41, 5.74) is 1.99. The maximum absolute atomic E-state index is 13.6. The molecule has 3 aliphatic rings. The summed E-state index contributed by atoms with van der Waals surface area (Å²) >= 11 is 6.04.